The van der Waals surface area contributed by atoms with Gasteiger partial charge in [-0.15, -0.1) is 0 Å². The first-order valence-corrected chi connectivity index (χ1v) is 7.66. The quantitative estimate of drug-likeness (QED) is 0.525. The summed E-state index contributed by atoms with van der Waals surface area (Å²) in [6.45, 7) is 9.76. The number of rotatable bonds is 10. The van der Waals surface area contributed by atoms with Gasteiger partial charge in [0.25, 0.3) is 0 Å². The molecule has 0 amide bonds. The van der Waals surface area contributed by atoms with Gasteiger partial charge in [-0.1, -0.05) is 37.1 Å². The van der Waals surface area contributed by atoms with Crippen molar-refractivity contribution in [1.82, 2.24) is 0 Å². The highest BCUT2D eigenvalue weighted by molar-refractivity contribution is 5.80. The van der Waals surface area contributed by atoms with Crippen molar-refractivity contribution in [2.24, 2.45) is 5.92 Å². The van der Waals surface area contributed by atoms with Crippen LogP contribution >= 0.6 is 0 Å². The molecule has 0 rings (SSSR count). The SMILES string of the molecule is CC(=O)CCC=C(C)CCC=C(C)CCC(=O)C(C)C. The molecule has 20 heavy (non-hydrogen) atoms. The fourth-order valence-electron chi connectivity index (χ4n) is 1.88. The molecule has 0 unspecified atom stereocenters. The summed E-state index contributed by atoms with van der Waals surface area (Å²) < 4.78 is 0. The van der Waals surface area contributed by atoms with Gasteiger partial charge in [-0.05, 0) is 46.5 Å². The topological polar surface area (TPSA) is 34.1 Å². The molecule has 0 radical (unpaired) electrons. The Hall–Kier alpha value is -1.18. The first kappa shape index (κ1) is 18.8. The maximum absolute atomic E-state index is 11.5. The fraction of sp³-hybridized carbons (Fsp3) is 0.667. The molecule has 0 aliphatic rings. The number of allylic oxidation sites excluding steroid dienone is 4. The van der Waals surface area contributed by atoms with Gasteiger partial charge in [-0.3, -0.25) is 4.79 Å². The van der Waals surface area contributed by atoms with Crippen LogP contribution in [-0.2, 0) is 9.59 Å². The molecule has 0 heterocycles. The Morgan fingerprint density at radius 3 is 1.80 bits per heavy atom. The van der Waals surface area contributed by atoms with Crippen molar-refractivity contribution in [3.05, 3.63) is 23.3 Å². The van der Waals surface area contributed by atoms with Crippen molar-refractivity contribution in [2.75, 3.05) is 0 Å². The molecular formula is C18H30O2. The molecule has 0 aromatic heterocycles. The highest BCUT2D eigenvalue weighted by atomic mass is 16.1. The van der Waals surface area contributed by atoms with Crippen molar-refractivity contribution >= 4 is 11.6 Å². The van der Waals surface area contributed by atoms with Crippen LogP contribution in [0.2, 0.25) is 0 Å². The van der Waals surface area contributed by atoms with E-state index in [1.807, 2.05) is 13.8 Å². The minimum atomic E-state index is 0.147. The van der Waals surface area contributed by atoms with Crippen LogP contribution in [0.3, 0.4) is 0 Å². The number of hydrogen-bond acceptors (Lipinski definition) is 2. The largest absolute Gasteiger partial charge is 0.300 e. The standard InChI is InChI=1S/C18H30O2/c1-14(2)18(20)13-12-16(4)9-6-8-15(3)10-7-11-17(5)19/h9-10,14H,6-8,11-13H2,1-5H3. The average Bonchev–Trinajstić information content (AvgIpc) is 2.35. The molecule has 0 aliphatic carbocycles. The van der Waals surface area contributed by atoms with E-state index in [0.717, 1.165) is 25.7 Å². The molecular weight excluding hydrogens is 248 g/mol. The molecule has 0 atom stereocenters. The van der Waals surface area contributed by atoms with E-state index in [1.54, 1.807) is 6.92 Å². The van der Waals surface area contributed by atoms with Gasteiger partial charge < -0.3 is 4.79 Å². The molecule has 0 saturated heterocycles. The summed E-state index contributed by atoms with van der Waals surface area (Å²) in [5.41, 5.74) is 2.64. The van der Waals surface area contributed by atoms with Crippen LogP contribution in [0, 0.1) is 5.92 Å². The molecule has 0 aromatic carbocycles. The third-order valence-corrected chi connectivity index (χ3v) is 3.43. The van der Waals surface area contributed by atoms with E-state index < -0.39 is 0 Å². The zero-order chi connectivity index (χ0) is 15.5. The van der Waals surface area contributed by atoms with Gasteiger partial charge in [0.15, 0.2) is 0 Å². The van der Waals surface area contributed by atoms with Crippen molar-refractivity contribution in [3.8, 4) is 0 Å². The average molecular weight is 278 g/mol. The van der Waals surface area contributed by atoms with Crippen LogP contribution in [0.5, 0.6) is 0 Å². The van der Waals surface area contributed by atoms with E-state index >= 15 is 0 Å². The zero-order valence-corrected chi connectivity index (χ0v) is 13.8. The van der Waals surface area contributed by atoms with Crippen LogP contribution in [0.1, 0.15) is 73.1 Å². The van der Waals surface area contributed by atoms with Crippen LogP contribution < -0.4 is 0 Å². The lowest BCUT2D eigenvalue weighted by Gasteiger charge is -2.04. The van der Waals surface area contributed by atoms with Crippen LogP contribution in [0.25, 0.3) is 0 Å². The Kier molecular flexibility index (Phi) is 9.96. The van der Waals surface area contributed by atoms with Gasteiger partial charge in [0.1, 0.15) is 11.6 Å². The Labute approximate surface area is 124 Å². The molecule has 0 aliphatic heterocycles. The summed E-state index contributed by atoms with van der Waals surface area (Å²) in [5, 5.41) is 0. The lowest BCUT2D eigenvalue weighted by Crippen LogP contribution is -2.06. The summed E-state index contributed by atoms with van der Waals surface area (Å²) in [4.78, 5) is 22.4. The van der Waals surface area contributed by atoms with E-state index in [2.05, 4.69) is 26.0 Å². The summed E-state index contributed by atoms with van der Waals surface area (Å²) >= 11 is 0. The first-order chi connectivity index (χ1) is 9.32. The minimum Gasteiger partial charge on any atom is -0.300 e. The van der Waals surface area contributed by atoms with Gasteiger partial charge in [0.2, 0.25) is 0 Å². The number of carbonyl (C=O) groups excluding carboxylic acids is 2. The molecule has 0 aromatic rings. The third-order valence-electron chi connectivity index (χ3n) is 3.43. The summed E-state index contributed by atoms with van der Waals surface area (Å²) in [6, 6.07) is 0. The Morgan fingerprint density at radius 1 is 0.800 bits per heavy atom. The monoisotopic (exact) mass is 278 g/mol. The van der Waals surface area contributed by atoms with E-state index in [4.69, 9.17) is 0 Å². The zero-order valence-electron chi connectivity index (χ0n) is 13.8. The van der Waals surface area contributed by atoms with Gasteiger partial charge in [-0.2, -0.15) is 0 Å². The Balaban J connectivity index is 3.92. The van der Waals surface area contributed by atoms with Crippen LogP contribution in [-0.4, -0.2) is 11.6 Å². The lowest BCUT2D eigenvalue weighted by molar-refractivity contribution is -0.121. The predicted molar refractivity (Wildman–Crippen MR) is 85.7 cm³/mol. The van der Waals surface area contributed by atoms with E-state index in [0.29, 0.717) is 18.6 Å². The fourth-order valence-corrected chi connectivity index (χ4v) is 1.88. The van der Waals surface area contributed by atoms with E-state index in [9.17, 15) is 9.59 Å². The lowest BCUT2D eigenvalue weighted by atomic mass is 10.0. The van der Waals surface area contributed by atoms with Crippen molar-refractivity contribution < 1.29 is 9.59 Å². The normalized spacial score (nSPS) is 12.9. The third kappa shape index (κ3) is 10.7. The summed E-state index contributed by atoms with van der Waals surface area (Å²) in [7, 11) is 0. The first-order valence-electron chi connectivity index (χ1n) is 7.66. The second kappa shape index (κ2) is 10.6. The molecule has 114 valence electrons. The maximum Gasteiger partial charge on any atom is 0.135 e. The Morgan fingerprint density at radius 2 is 1.30 bits per heavy atom. The Bertz CT molecular complexity index is 373. The van der Waals surface area contributed by atoms with Gasteiger partial charge in [-0.25, -0.2) is 0 Å². The minimum absolute atomic E-state index is 0.147. The maximum atomic E-state index is 11.5. The van der Waals surface area contributed by atoms with Crippen molar-refractivity contribution in [1.29, 1.82) is 0 Å². The van der Waals surface area contributed by atoms with E-state index in [1.165, 1.54) is 11.1 Å². The predicted octanol–water partition coefficient (Wildman–Crippen LogP) is 5.03. The second-order valence-electron chi connectivity index (χ2n) is 6.00. The highest BCUT2D eigenvalue weighted by Crippen LogP contribution is 2.12. The van der Waals surface area contributed by atoms with Gasteiger partial charge >= 0.3 is 0 Å². The second-order valence-corrected chi connectivity index (χ2v) is 6.00. The molecule has 2 heteroatoms. The molecule has 2 nitrogen and oxygen atoms in total. The van der Waals surface area contributed by atoms with Crippen molar-refractivity contribution in [2.45, 2.75) is 73.1 Å². The number of hydrogen-bond donors (Lipinski definition) is 0. The van der Waals surface area contributed by atoms with Crippen LogP contribution in [0.15, 0.2) is 23.3 Å². The smallest absolute Gasteiger partial charge is 0.135 e. The summed E-state index contributed by atoms with van der Waals surface area (Å²) in [6.07, 6.45) is 9.48. The number of Topliss-reactive ketones (excluding diaryl/α,β-unsaturated/α-hetero) is 2. The molecule has 0 N–H and O–H groups in total. The number of ketones is 2. The molecule has 0 saturated carbocycles. The molecule has 0 fully saturated rings. The van der Waals surface area contributed by atoms with Crippen LogP contribution in [0.4, 0.5) is 0 Å². The number of carbonyl (C=O) groups is 2. The van der Waals surface area contributed by atoms with E-state index in [-0.39, 0.29) is 11.7 Å². The van der Waals surface area contributed by atoms with Gasteiger partial charge in [0, 0.05) is 18.8 Å². The molecule has 0 bridgehead atoms. The van der Waals surface area contributed by atoms with Gasteiger partial charge in [0.05, 0.1) is 0 Å². The molecule has 0 spiro atoms. The highest BCUT2D eigenvalue weighted by Gasteiger charge is 2.06. The summed E-state index contributed by atoms with van der Waals surface area (Å²) in [5.74, 6) is 0.743. The van der Waals surface area contributed by atoms with Crippen molar-refractivity contribution in [3.63, 3.8) is 0 Å².